The summed E-state index contributed by atoms with van der Waals surface area (Å²) in [6.07, 6.45) is 3.65. The Morgan fingerprint density at radius 2 is 1.82 bits per heavy atom. The lowest BCUT2D eigenvalue weighted by molar-refractivity contribution is -0.127. The van der Waals surface area contributed by atoms with Crippen LogP contribution in [-0.2, 0) is 16.1 Å². The number of nitrogens with one attached hydrogen (secondary N) is 1. The fourth-order valence-corrected chi connectivity index (χ4v) is 5.16. The molecule has 0 bridgehead atoms. The number of hydrogen-bond acceptors (Lipinski definition) is 5. The average molecular weight is 546 g/mol. The van der Waals surface area contributed by atoms with Gasteiger partial charge in [0.25, 0.3) is 11.1 Å². The van der Waals surface area contributed by atoms with Crippen LogP contribution in [0.4, 0.5) is 10.5 Å². The van der Waals surface area contributed by atoms with Crippen LogP contribution >= 0.6 is 23.4 Å². The van der Waals surface area contributed by atoms with E-state index in [0.29, 0.717) is 23.9 Å². The predicted octanol–water partition coefficient (Wildman–Crippen LogP) is 6.36. The number of thioether (sulfide) groups is 1. The molecule has 1 N–H and O–H groups in total. The number of carbonyl (C=O) groups is 3. The summed E-state index contributed by atoms with van der Waals surface area (Å²) in [6, 6.07) is 22.6. The van der Waals surface area contributed by atoms with Crippen molar-refractivity contribution in [3.63, 3.8) is 0 Å². The number of rotatable bonds is 8. The molecular formula is C29H24ClN3O4S. The van der Waals surface area contributed by atoms with Crippen LogP contribution < -0.4 is 10.1 Å². The van der Waals surface area contributed by atoms with Gasteiger partial charge < -0.3 is 14.6 Å². The SMILES string of the molecule is Cc1ccc(NC(=O)CN2C(=O)S/C(=C\c3cn(CCOc4ccccc4)c4ccccc34)C2=O)cc1Cl. The molecule has 38 heavy (non-hydrogen) atoms. The molecule has 1 saturated heterocycles. The van der Waals surface area contributed by atoms with Crippen molar-refractivity contribution in [2.75, 3.05) is 18.5 Å². The molecule has 7 nitrogen and oxygen atoms in total. The van der Waals surface area contributed by atoms with Crippen molar-refractivity contribution in [1.82, 2.24) is 9.47 Å². The van der Waals surface area contributed by atoms with Crippen LogP contribution in [0.2, 0.25) is 5.02 Å². The van der Waals surface area contributed by atoms with E-state index in [1.54, 1.807) is 24.3 Å². The highest BCUT2D eigenvalue weighted by molar-refractivity contribution is 8.18. The Morgan fingerprint density at radius 1 is 1.05 bits per heavy atom. The molecule has 1 fully saturated rings. The lowest BCUT2D eigenvalue weighted by Crippen LogP contribution is -2.36. The van der Waals surface area contributed by atoms with Crippen molar-refractivity contribution >= 4 is 63.1 Å². The number of fused-ring (bicyclic) bond motifs is 1. The van der Waals surface area contributed by atoms with Gasteiger partial charge in [0.1, 0.15) is 18.9 Å². The number of ether oxygens (including phenoxy) is 1. The molecule has 192 valence electrons. The first-order chi connectivity index (χ1) is 18.4. The van der Waals surface area contributed by atoms with E-state index in [-0.39, 0.29) is 11.4 Å². The summed E-state index contributed by atoms with van der Waals surface area (Å²) >= 11 is 6.95. The summed E-state index contributed by atoms with van der Waals surface area (Å²) in [5, 5.41) is 3.67. The van der Waals surface area contributed by atoms with E-state index in [1.165, 1.54) is 0 Å². The molecule has 4 aromatic rings. The maximum absolute atomic E-state index is 13.1. The van der Waals surface area contributed by atoms with E-state index in [2.05, 4.69) is 9.88 Å². The fraction of sp³-hybridized carbons (Fsp3) is 0.138. The number of carbonyl (C=O) groups excluding carboxylic acids is 3. The molecule has 1 aliphatic rings. The highest BCUT2D eigenvalue weighted by Crippen LogP contribution is 2.34. The first-order valence-corrected chi connectivity index (χ1v) is 13.2. The molecule has 0 saturated carbocycles. The highest BCUT2D eigenvalue weighted by Gasteiger charge is 2.36. The standard InChI is InChI=1S/C29H24ClN3O4S/c1-19-11-12-21(16-24(19)30)31-27(34)18-33-28(35)26(38-29(33)36)15-20-17-32(25-10-6-5-9-23(20)25)13-14-37-22-7-3-2-4-8-22/h2-12,15-17H,13-14,18H2,1H3,(H,31,34)/b26-15-. The number of para-hydroxylation sites is 2. The van der Waals surface area contributed by atoms with Crippen molar-refractivity contribution in [3.8, 4) is 5.75 Å². The van der Waals surface area contributed by atoms with Gasteiger partial charge in [-0.1, -0.05) is 54.1 Å². The Hall–Kier alpha value is -4.01. The number of halogens is 1. The van der Waals surface area contributed by atoms with Crippen LogP contribution in [0.25, 0.3) is 17.0 Å². The van der Waals surface area contributed by atoms with E-state index in [1.807, 2.05) is 67.7 Å². The summed E-state index contributed by atoms with van der Waals surface area (Å²) < 4.78 is 7.91. The van der Waals surface area contributed by atoms with Crippen LogP contribution in [0.5, 0.6) is 5.75 Å². The molecule has 0 atom stereocenters. The van der Waals surface area contributed by atoms with Gasteiger partial charge in [0.2, 0.25) is 5.91 Å². The molecule has 9 heteroatoms. The lowest BCUT2D eigenvalue weighted by atomic mass is 10.1. The van der Waals surface area contributed by atoms with Gasteiger partial charge in [-0.15, -0.1) is 0 Å². The van der Waals surface area contributed by atoms with Gasteiger partial charge in [0, 0.05) is 33.4 Å². The molecule has 0 radical (unpaired) electrons. The second kappa shape index (κ2) is 11.2. The topological polar surface area (TPSA) is 80.6 Å². The molecule has 3 amide bonds. The number of benzene rings is 3. The zero-order valence-corrected chi connectivity index (χ0v) is 22.1. The van der Waals surface area contributed by atoms with Crippen LogP contribution in [-0.4, -0.2) is 39.7 Å². The van der Waals surface area contributed by atoms with E-state index in [9.17, 15) is 14.4 Å². The number of amides is 3. The number of aryl methyl sites for hydroxylation is 1. The normalized spacial score (nSPS) is 14.5. The third kappa shape index (κ3) is 5.61. The third-order valence-corrected chi connectivity index (χ3v) is 7.40. The van der Waals surface area contributed by atoms with Crippen molar-refractivity contribution in [1.29, 1.82) is 0 Å². The Kier molecular flexibility index (Phi) is 7.53. The van der Waals surface area contributed by atoms with Crippen molar-refractivity contribution in [2.45, 2.75) is 13.5 Å². The maximum atomic E-state index is 13.1. The molecule has 3 aromatic carbocycles. The second-order valence-electron chi connectivity index (χ2n) is 8.74. The Labute approximate surface area is 229 Å². The molecule has 0 unspecified atom stereocenters. The minimum atomic E-state index is -0.499. The fourth-order valence-electron chi connectivity index (χ4n) is 4.15. The largest absolute Gasteiger partial charge is 0.492 e. The summed E-state index contributed by atoms with van der Waals surface area (Å²) in [6.45, 7) is 2.55. The molecule has 2 heterocycles. The number of aromatic nitrogens is 1. The number of nitrogens with zero attached hydrogens (tertiary/aromatic N) is 2. The van der Waals surface area contributed by atoms with E-state index in [0.717, 1.165) is 44.4 Å². The van der Waals surface area contributed by atoms with Gasteiger partial charge in [-0.2, -0.15) is 0 Å². The molecule has 1 aliphatic heterocycles. The Bertz CT molecular complexity index is 1560. The highest BCUT2D eigenvalue weighted by atomic mass is 35.5. The second-order valence-corrected chi connectivity index (χ2v) is 10.1. The van der Waals surface area contributed by atoms with Crippen molar-refractivity contribution in [3.05, 3.63) is 100 Å². The average Bonchev–Trinajstić information content (AvgIpc) is 3.39. The zero-order chi connectivity index (χ0) is 26.6. The van der Waals surface area contributed by atoms with Gasteiger partial charge in [0.05, 0.1) is 11.4 Å². The predicted molar refractivity (Wildman–Crippen MR) is 151 cm³/mol. The van der Waals surface area contributed by atoms with Gasteiger partial charge in [-0.25, -0.2) is 0 Å². The van der Waals surface area contributed by atoms with E-state index >= 15 is 0 Å². The quantitative estimate of drug-likeness (QED) is 0.261. The monoisotopic (exact) mass is 545 g/mol. The van der Waals surface area contributed by atoms with Crippen LogP contribution in [0.1, 0.15) is 11.1 Å². The number of hydrogen-bond donors (Lipinski definition) is 1. The minimum absolute atomic E-state index is 0.268. The van der Waals surface area contributed by atoms with Crippen LogP contribution in [0.3, 0.4) is 0 Å². The lowest BCUT2D eigenvalue weighted by Gasteiger charge is -2.12. The molecular weight excluding hydrogens is 522 g/mol. The smallest absolute Gasteiger partial charge is 0.294 e. The van der Waals surface area contributed by atoms with Crippen molar-refractivity contribution < 1.29 is 19.1 Å². The van der Waals surface area contributed by atoms with Gasteiger partial charge >= 0.3 is 0 Å². The maximum Gasteiger partial charge on any atom is 0.294 e. The summed E-state index contributed by atoms with van der Waals surface area (Å²) in [5.41, 5.74) is 3.18. The molecule has 0 aliphatic carbocycles. The third-order valence-electron chi connectivity index (χ3n) is 6.08. The first kappa shape index (κ1) is 25.6. The minimum Gasteiger partial charge on any atom is -0.492 e. The number of anilines is 1. The first-order valence-electron chi connectivity index (χ1n) is 12.0. The summed E-state index contributed by atoms with van der Waals surface area (Å²) in [7, 11) is 0. The van der Waals surface area contributed by atoms with E-state index in [4.69, 9.17) is 16.3 Å². The number of imide groups is 1. The zero-order valence-electron chi connectivity index (χ0n) is 20.5. The Balaban J connectivity index is 1.30. The summed E-state index contributed by atoms with van der Waals surface area (Å²) in [5.74, 6) is -0.183. The van der Waals surface area contributed by atoms with Gasteiger partial charge in [-0.05, 0) is 60.7 Å². The summed E-state index contributed by atoms with van der Waals surface area (Å²) in [4.78, 5) is 39.5. The van der Waals surface area contributed by atoms with Crippen molar-refractivity contribution in [2.24, 2.45) is 0 Å². The molecule has 5 rings (SSSR count). The van der Waals surface area contributed by atoms with Crippen LogP contribution in [0, 0.1) is 6.92 Å². The van der Waals surface area contributed by atoms with Crippen LogP contribution in [0.15, 0.2) is 83.9 Å². The van der Waals surface area contributed by atoms with Gasteiger partial charge in [-0.3, -0.25) is 19.3 Å². The Morgan fingerprint density at radius 3 is 2.61 bits per heavy atom. The molecule has 1 aromatic heterocycles. The van der Waals surface area contributed by atoms with E-state index < -0.39 is 17.1 Å². The molecule has 0 spiro atoms. The van der Waals surface area contributed by atoms with Gasteiger partial charge in [0.15, 0.2) is 0 Å².